The molecule has 0 N–H and O–H groups in total. The highest BCUT2D eigenvalue weighted by Gasteiger charge is 2.27. The normalized spacial score (nSPS) is 16.7. The molecule has 1 aromatic carbocycles. The average Bonchev–Trinajstić information content (AvgIpc) is 2.99. The maximum atomic E-state index is 13.1. The van der Waals surface area contributed by atoms with Gasteiger partial charge in [0.05, 0.1) is 10.6 Å². The van der Waals surface area contributed by atoms with E-state index in [0.29, 0.717) is 49.8 Å². The van der Waals surface area contributed by atoms with Crippen molar-refractivity contribution in [2.75, 3.05) is 26.2 Å². The molecule has 0 radical (unpaired) electrons. The predicted octanol–water partition coefficient (Wildman–Crippen LogP) is 1.75. The first kappa shape index (κ1) is 21.0. The van der Waals surface area contributed by atoms with E-state index < -0.39 is 15.8 Å². The molecule has 1 saturated heterocycles. The highest BCUT2D eigenvalue weighted by atomic mass is 32.2. The number of hydrogen-bond acceptors (Lipinski definition) is 7. The fraction of sp³-hybridized carbons (Fsp3) is 0.421. The minimum absolute atomic E-state index is 0.0920. The number of halogens is 1. The van der Waals surface area contributed by atoms with Gasteiger partial charge in [-0.25, -0.2) is 17.8 Å². The zero-order valence-electron chi connectivity index (χ0n) is 16.5. The lowest BCUT2D eigenvalue weighted by atomic mass is 10.3. The molecule has 0 atom stereocenters. The van der Waals surface area contributed by atoms with E-state index in [9.17, 15) is 17.6 Å². The van der Waals surface area contributed by atoms with Gasteiger partial charge in [-0.15, -0.1) is 0 Å². The smallest absolute Gasteiger partial charge is 0.275 e. The van der Waals surface area contributed by atoms with Crippen molar-refractivity contribution in [2.24, 2.45) is 0 Å². The quantitative estimate of drug-likeness (QED) is 0.587. The Balaban J connectivity index is 1.47. The summed E-state index contributed by atoms with van der Waals surface area (Å²) in [6.45, 7) is 4.37. The third kappa shape index (κ3) is 4.29. The fourth-order valence-corrected chi connectivity index (χ4v) is 5.78. The van der Waals surface area contributed by atoms with Gasteiger partial charge in [-0.1, -0.05) is 18.3 Å². The van der Waals surface area contributed by atoms with E-state index in [0.717, 1.165) is 23.6 Å². The number of aryl methyl sites for hydroxylation is 1. The molecule has 0 unspecified atom stereocenters. The molecule has 160 valence electrons. The molecule has 0 bridgehead atoms. The zero-order valence-corrected chi connectivity index (χ0v) is 18.1. The topological polar surface area (TPSA) is 87.9 Å². The highest BCUT2D eigenvalue weighted by molar-refractivity contribution is 7.89. The number of aromatic nitrogens is 3. The van der Waals surface area contributed by atoms with E-state index in [1.54, 1.807) is 0 Å². The van der Waals surface area contributed by atoms with Crippen molar-refractivity contribution in [3.05, 3.63) is 57.2 Å². The van der Waals surface area contributed by atoms with Gasteiger partial charge in [0, 0.05) is 32.2 Å². The van der Waals surface area contributed by atoms with Gasteiger partial charge in [0.15, 0.2) is 0 Å². The van der Waals surface area contributed by atoms with Gasteiger partial charge in [0.2, 0.25) is 15.0 Å². The van der Waals surface area contributed by atoms with Crippen LogP contribution in [0.15, 0.2) is 40.0 Å². The second kappa shape index (κ2) is 8.50. The van der Waals surface area contributed by atoms with Gasteiger partial charge in [0.1, 0.15) is 10.8 Å². The highest BCUT2D eigenvalue weighted by Crippen LogP contribution is 2.19. The van der Waals surface area contributed by atoms with Gasteiger partial charge in [-0.2, -0.15) is 13.9 Å². The van der Waals surface area contributed by atoms with E-state index in [1.807, 2.05) is 6.92 Å². The van der Waals surface area contributed by atoms with Crippen molar-refractivity contribution < 1.29 is 12.8 Å². The third-order valence-corrected chi connectivity index (χ3v) is 7.99. The van der Waals surface area contributed by atoms with E-state index in [4.69, 9.17) is 0 Å². The van der Waals surface area contributed by atoms with Crippen LogP contribution in [-0.2, 0) is 23.0 Å². The zero-order chi connectivity index (χ0) is 21.3. The maximum absolute atomic E-state index is 13.1. The van der Waals surface area contributed by atoms with Crippen LogP contribution in [0.4, 0.5) is 4.39 Å². The number of hydrogen-bond donors (Lipinski definition) is 0. The molecule has 11 heteroatoms. The molecule has 0 aliphatic carbocycles. The second-order valence-corrected chi connectivity index (χ2v) is 10.1. The molecule has 1 aliphatic heterocycles. The summed E-state index contributed by atoms with van der Waals surface area (Å²) in [5, 5.41) is 5.11. The van der Waals surface area contributed by atoms with Crippen LogP contribution in [0.2, 0.25) is 0 Å². The first-order valence-electron chi connectivity index (χ1n) is 9.73. The van der Waals surface area contributed by atoms with Crippen LogP contribution >= 0.6 is 11.3 Å². The van der Waals surface area contributed by atoms with Crippen LogP contribution in [0.1, 0.15) is 24.0 Å². The Hall–Kier alpha value is -2.21. The minimum atomic E-state index is -3.67. The van der Waals surface area contributed by atoms with E-state index >= 15 is 0 Å². The van der Waals surface area contributed by atoms with Crippen molar-refractivity contribution in [2.45, 2.75) is 31.2 Å². The van der Waals surface area contributed by atoms with E-state index in [2.05, 4.69) is 15.0 Å². The molecule has 3 heterocycles. The standard InChI is InChI=1S/C19H22FN5O3S2/c1-2-17-22-25-18(26)12-15(21-19(25)29-17)13-23-8-3-9-24(11-10-23)30(27,28)16-6-4-14(20)5-7-16/h4-7,12H,2-3,8-11,13H2,1H3. The van der Waals surface area contributed by atoms with E-state index in [1.165, 1.54) is 38.4 Å². The minimum Gasteiger partial charge on any atom is -0.296 e. The summed E-state index contributed by atoms with van der Waals surface area (Å²) in [6.07, 6.45) is 1.40. The summed E-state index contributed by atoms with van der Waals surface area (Å²) in [7, 11) is -3.67. The van der Waals surface area contributed by atoms with Crippen molar-refractivity contribution >= 4 is 26.3 Å². The molecular formula is C19H22FN5O3S2. The summed E-state index contributed by atoms with van der Waals surface area (Å²) in [5.74, 6) is -0.469. The molecule has 4 rings (SSSR count). The molecule has 1 fully saturated rings. The Kier molecular flexibility index (Phi) is 5.96. The lowest BCUT2D eigenvalue weighted by Crippen LogP contribution is -2.35. The number of sulfonamides is 1. The lowest BCUT2D eigenvalue weighted by Gasteiger charge is -2.21. The van der Waals surface area contributed by atoms with Crippen molar-refractivity contribution in [3.63, 3.8) is 0 Å². The number of nitrogens with zero attached hydrogens (tertiary/aromatic N) is 5. The van der Waals surface area contributed by atoms with Crippen molar-refractivity contribution in [1.82, 2.24) is 23.8 Å². The van der Waals surface area contributed by atoms with Crippen LogP contribution in [0.5, 0.6) is 0 Å². The number of benzene rings is 1. The molecular weight excluding hydrogens is 429 g/mol. The molecule has 2 aromatic heterocycles. The van der Waals surface area contributed by atoms with Gasteiger partial charge in [-0.3, -0.25) is 9.69 Å². The van der Waals surface area contributed by atoms with Crippen LogP contribution in [0.25, 0.3) is 4.96 Å². The van der Waals surface area contributed by atoms with Crippen LogP contribution < -0.4 is 5.56 Å². The van der Waals surface area contributed by atoms with Crippen LogP contribution in [0.3, 0.4) is 0 Å². The number of fused-ring (bicyclic) bond motifs is 1. The molecule has 0 spiro atoms. The Morgan fingerprint density at radius 3 is 2.63 bits per heavy atom. The first-order valence-corrected chi connectivity index (χ1v) is 12.0. The Morgan fingerprint density at radius 1 is 1.13 bits per heavy atom. The van der Waals surface area contributed by atoms with Crippen molar-refractivity contribution in [3.8, 4) is 0 Å². The SMILES string of the molecule is CCc1nn2c(=O)cc(CN3CCCN(S(=O)(=O)c4ccc(F)cc4)CC3)nc2s1. The largest absolute Gasteiger partial charge is 0.296 e. The maximum Gasteiger partial charge on any atom is 0.275 e. The Labute approximate surface area is 177 Å². The molecule has 0 amide bonds. The molecule has 3 aromatic rings. The predicted molar refractivity (Wildman–Crippen MR) is 112 cm³/mol. The summed E-state index contributed by atoms with van der Waals surface area (Å²) >= 11 is 1.40. The number of rotatable bonds is 5. The van der Waals surface area contributed by atoms with Gasteiger partial charge in [0.25, 0.3) is 5.56 Å². The Morgan fingerprint density at radius 2 is 1.90 bits per heavy atom. The Bertz CT molecular complexity index is 1210. The molecule has 8 nitrogen and oxygen atoms in total. The lowest BCUT2D eigenvalue weighted by molar-refractivity contribution is 0.275. The molecule has 0 saturated carbocycles. The van der Waals surface area contributed by atoms with Crippen LogP contribution in [0, 0.1) is 5.82 Å². The molecule has 1 aliphatic rings. The van der Waals surface area contributed by atoms with Gasteiger partial charge < -0.3 is 0 Å². The van der Waals surface area contributed by atoms with Gasteiger partial charge in [-0.05, 0) is 43.7 Å². The summed E-state index contributed by atoms with van der Waals surface area (Å²) in [5.41, 5.74) is 0.447. The first-order chi connectivity index (χ1) is 14.4. The molecule has 30 heavy (non-hydrogen) atoms. The van der Waals surface area contributed by atoms with Crippen molar-refractivity contribution in [1.29, 1.82) is 0 Å². The summed E-state index contributed by atoms with van der Waals surface area (Å²) < 4.78 is 41.6. The average molecular weight is 452 g/mol. The third-order valence-electron chi connectivity index (χ3n) is 5.03. The summed E-state index contributed by atoms with van der Waals surface area (Å²) in [6, 6.07) is 6.38. The van der Waals surface area contributed by atoms with Gasteiger partial charge >= 0.3 is 0 Å². The van der Waals surface area contributed by atoms with Crippen LogP contribution in [-0.4, -0.2) is 58.4 Å². The van der Waals surface area contributed by atoms with E-state index in [-0.39, 0.29) is 10.5 Å². The monoisotopic (exact) mass is 451 g/mol. The second-order valence-electron chi connectivity index (χ2n) is 7.12. The fourth-order valence-electron chi connectivity index (χ4n) is 3.45. The summed E-state index contributed by atoms with van der Waals surface area (Å²) in [4.78, 5) is 19.7.